The minimum Gasteiger partial charge on any atom is -0.490 e. The van der Waals surface area contributed by atoms with Crippen LogP contribution in [-0.4, -0.2) is 12.6 Å². The lowest BCUT2D eigenvalue weighted by Crippen LogP contribution is -2.54. The van der Waals surface area contributed by atoms with Crippen molar-refractivity contribution in [1.82, 2.24) is 5.32 Å². The molecule has 4 fully saturated rings. The number of ether oxygens (including phenoxy) is 2. The zero-order chi connectivity index (χ0) is 23.0. The zero-order valence-electron chi connectivity index (χ0n) is 19.7. The van der Waals surface area contributed by atoms with Crippen molar-refractivity contribution in [2.45, 2.75) is 71.6 Å². The second kappa shape index (κ2) is 9.68. The van der Waals surface area contributed by atoms with Crippen LogP contribution < -0.4 is 14.8 Å². The van der Waals surface area contributed by atoms with E-state index in [0.29, 0.717) is 46.2 Å². The molecule has 1 atom stereocenters. The molecule has 5 heteroatoms. The van der Waals surface area contributed by atoms with Crippen LogP contribution in [0.4, 0.5) is 0 Å². The van der Waals surface area contributed by atoms with Gasteiger partial charge in [-0.1, -0.05) is 41.4 Å². The van der Waals surface area contributed by atoms with E-state index >= 15 is 0 Å². The van der Waals surface area contributed by atoms with E-state index in [1.807, 2.05) is 37.3 Å². The van der Waals surface area contributed by atoms with Crippen LogP contribution in [0, 0.1) is 23.2 Å². The number of benzene rings is 2. The molecule has 6 rings (SSSR count). The number of halogens is 2. The lowest BCUT2D eigenvalue weighted by molar-refractivity contribution is -0.0706. The molecule has 2 aromatic carbocycles. The summed E-state index contributed by atoms with van der Waals surface area (Å²) in [5, 5.41) is 5.13. The van der Waals surface area contributed by atoms with Crippen LogP contribution >= 0.6 is 23.2 Å². The van der Waals surface area contributed by atoms with Gasteiger partial charge in [0.2, 0.25) is 0 Å². The number of nitrogens with one attached hydrogen (secondary N) is 1. The predicted molar refractivity (Wildman–Crippen MR) is 135 cm³/mol. The summed E-state index contributed by atoms with van der Waals surface area (Å²) in [5.41, 5.74) is 2.54. The summed E-state index contributed by atoms with van der Waals surface area (Å²) < 4.78 is 12.0. The van der Waals surface area contributed by atoms with Crippen molar-refractivity contribution in [3.63, 3.8) is 0 Å². The Balaban J connectivity index is 1.27. The second-order valence-corrected chi connectivity index (χ2v) is 11.4. The maximum Gasteiger partial charge on any atom is 0.180 e. The molecule has 0 amide bonds. The molecule has 178 valence electrons. The molecule has 0 aliphatic heterocycles. The first kappa shape index (κ1) is 23.3. The van der Waals surface area contributed by atoms with Gasteiger partial charge in [-0.2, -0.15) is 0 Å². The molecule has 2 aromatic rings. The lowest BCUT2D eigenvalue weighted by Gasteiger charge is -2.59. The summed E-state index contributed by atoms with van der Waals surface area (Å²) in [6.07, 6.45) is 8.67. The van der Waals surface area contributed by atoms with Crippen LogP contribution in [0.5, 0.6) is 11.5 Å². The Kier molecular flexibility index (Phi) is 6.84. The van der Waals surface area contributed by atoms with Gasteiger partial charge < -0.3 is 14.8 Å². The molecule has 4 bridgehead atoms. The van der Waals surface area contributed by atoms with Crippen LogP contribution in [0.3, 0.4) is 0 Å². The maximum atomic E-state index is 6.68. The molecule has 33 heavy (non-hydrogen) atoms. The third-order valence-electron chi connectivity index (χ3n) is 8.32. The molecule has 1 N–H and O–H groups in total. The molecule has 0 radical (unpaired) electrons. The Morgan fingerprint density at radius 2 is 1.64 bits per heavy atom. The Hall–Kier alpha value is -1.42. The normalized spacial score (nSPS) is 28.7. The van der Waals surface area contributed by atoms with E-state index in [0.717, 1.165) is 35.4 Å². The highest BCUT2D eigenvalue weighted by Gasteiger charge is 2.52. The van der Waals surface area contributed by atoms with Gasteiger partial charge in [0, 0.05) is 23.2 Å². The van der Waals surface area contributed by atoms with E-state index in [-0.39, 0.29) is 0 Å². The average molecular weight is 488 g/mol. The number of rotatable bonds is 9. The van der Waals surface area contributed by atoms with E-state index in [1.54, 1.807) is 0 Å². The Labute approximate surface area is 208 Å². The Morgan fingerprint density at radius 3 is 2.27 bits per heavy atom. The van der Waals surface area contributed by atoms with E-state index in [9.17, 15) is 0 Å². The van der Waals surface area contributed by atoms with Gasteiger partial charge in [-0.05, 0) is 99.3 Å². The highest BCUT2D eigenvalue weighted by Crippen LogP contribution is 2.61. The molecule has 0 unspecified atom stereocenters. The monoisotopic (exact) mass is 487 g/mol. The van der Waals surface area contributed by atoms with Gasteiger partial charge >= 0.3 is 0 Å². The van der Waals surface area contributed by atoms with E-state index in [2.05, 4.69) is 18.3 Å². The van der Waals surface area contributed by atoms with Crippen molar-refractivity contribution in [3.05, 3.63) is 57.6 Å². The van der Waals surface area contributed by atoms with Crippen LogP contribution in [0.15, 0.2) is 36.4 Å². The average Bonchev–Trinajstić information content (AvgIpc) is 2.77. The topological polar surface area (TPSA) is 30.5 Å². The van der Waals surface area contributed by atoms with Crippen molar-refractivity contribution < 1.29 is 9.47 Å². The summed E-state index contributed by atoms with van der Waals surface area (Å²) in [5.74, 6) is 4.17. The molecule has 0 spiro atoms. The summed E-state index contributed by atoms with van der Waals surface area (Å²) in [6.45, 7) is 6.07. The minimum atomic E-state index is 0.347. The van der Waals surface area contributed by atoms with Crippen LogP contribution in [0.25, 0.3) is 0 Å². The number of hydrogen-bond acceptors (Lipinski definition) is 3. The second-order valence-electron chi connectivity index (χ2n) is 10.6. The maximum absolute atomic E-state index is 6.68. The molecule has 4 saturated carbocycles. The van der Waals surface area contributed by atoms with E-state index in [4.69, 9.17) is 32.7 Å². The van der Waals surface area contributed by atoms with Crippen LogP contribution in [-0.2, 0) is 13.2 Å². The van der Waals surface area contributed by atoms with Crippen molar-refractivity contribution in [2.24, 2.45) is 23.2 Å². The van der Waals surface area contributed by atoms with Gasteiger partial charge in [0.25, 0.3) is 0 Å². The Morgan fingerprint density at radius 1 is 0.970 bits per heavy atom. The first-order chi connectivity index (χ1) is 16.0. The van der Waals surface area contributed by atoms with Gasteiger partial charge in [0.05, 0.1) is 11.6 Å². The third kappa shape index (κ3) is 4.88. The van der Waals surface area contributed by atoms with Crippen molar-refractivity contribution in [3.8, 4) is 11.5 Å². The van der Waals surface area contributed by atoms with Gasteiger partial charge in [-0.15, -0.1) is 0 Å². The van der Waals surface area contributed by atoms with Crippen LogP contribution in [0.2, 0.25) is 10.0 Å². The van der Waals surface area contributed by atoms with Crippen molar-refractivity contribution >= 4 is 23.2 Å². The van der Waals surface area contributed by atoms with Gasteiger partial charge in [0.15, 0.2) is 11.5 Å². The van der Waals surface area contributed by atoms with E-state index < -0.39 is 0 Å². The summed E-state index contributed by atoms with van der Waals surface area (Å²) in [6, 6.07) is 12.3. The largest absolute Gasteiger partial charge is 0.490 e. The van der Waals surface area contributed by atoms with Gasteiger partial charge in [-0.25, -0.2) is 0 Å². The molecule has 4 aliphatic carbocycles. The molecule has 0 heterocycles. The smallest absolute Gasteiger partial charge is 0.180 e. The fraction of sp³-hybridized carbons (Fsp3) is 0.571. The van der Waals surface area contributed by atoms with Crippen LogP contribution in [0.1, 0.15) is 63.5 Å². The molecule has 3 nitrogen and oxygen atoms in total. The summed E-state index contributed by atoms with van der Waals surface area (Å²) in [4.78, 5) is 0. The molecular formula is C28H35Cl2NO2. The lowest BCUT2D eigenvalue weighted by atomic mass is 9.48. The summed E-state index contributed by atoms with van der Waals surface area (Å²) >= 11 is 13.0. The zero-order valence-corrected chi connectivity index (χ0v) is 21.2. The Bertz CT molecular complexity index is 957. The SMILES string of the molecule is CCOc1cc(CN[C@@H](C)C23CC4CC(CC(C4)C2)C3)cc(Cl)c1OCc1ccccc1Cl. The highest BCUT2D eigenvalue weighted by atomic mass is 35.5. The molecular weight excluding hydrogens is 453 g/mol. The van der Waals surface area contributed by atoms with E-state index in [1.165, 1.54) is 38.5 Å². The highest BCUT2D eigenvalue weighted by molar-refractivity contribution is 6.32. The summed E-state index contributed by atoms with van der Waals surface area (Å²) in [7, 11) is 0. The molecule has 0 saturated heterocycles. The molecule has 4 aliphatic rings. The van der Waals surface area contributed by atoms with Gasteiger partial charge in [-0.3, -0.25) is 0 Å². The van der Waals surface area contributed by atoms with Gasteiger partial charge in [0.1, 0.15) is 6.61 Å². The number of hydrogen-bond donors (Lipinski definition) is 1. The fourth-order valence-corrected chi connectivity index (χ4v) is 7.57. The third-order valence-corrected chi connectivity index (χ3v) is 8.97. The predicted octanol–water partition coefficient (Wildman–Crippen LogP) is 7.67. The fourth-order valence-electron chi connectivity index (χ4n) is 7.09. The van der Waals surface area contributed by atoms with Crippen molar-refractivity contribution in [2.75, 3.05) is 6.61 Å². The van der Waals surface area contributed by atoms with Crippen molar-refractivity contribution in [1.29, 1.82) is 0 Å². The first-order valence-electron chi connectivity index (χ1n) is 12.5. The minimum absolute atomic E-state index is 0.347. The molecule has 0 aromatic heterocycles. The standard InChI is InChI=1S/C28H35Cl2NO2/c1-3-32-26-12-22(11-25(30)27(26)33-17-23-6-4-5-7-24(23)29)16-31-18(2)28-13-19-8-20(14-28)10-21(9-19)15-28/h4-7,11-12,18-21,31H,3,8-10,13-17H2,1-2H3/t18-,19?,20?,21?,28?/m0/s1. The first-order valence-corrected chi connectivity index (χ1v) is 13.3. The quantitative estimate of drug-likeness (QED) is 0.393.